The number of nitrogens with zero attached hydrogens (tertiary/aromatic N) is 1. The molecule has 0 amide bonds. The summed E-state index contributed by atoms with van der Waals surface area (Å²) < 4.78 is 0. The summed E-state index contributed by atoms with van der Waals surface area (Å²) in [5.74, 6) is 0. The van der Waals surface area contributed by atoms with Crippen molar-refractivity contribution in [2.24, 2.45) is 0 Å². The zero-order valence-corrected chi connectivity index (χ0v) is 9.63. The molecule has 2 fully saturated rings. The van der Waals surface area contributed by atoms with E-state index in [4.69, 9.17) is 0 Å². The number of hydrogen-bond acceptors (Lipinski definition) is 2. The molecule has 1 aliphatic heterocycles. The minimum absolute atomic E-state index is 0.766. The number of piperidine rings is 1. The Morgan fingerprint density at radius 2 is 1.86 bits per heavy atom. The molecule has 1 N–H and O–H groups in total. The highest BCUT2D eigenvalue weighted by Crippen LogP contribution is 2.29. The Bertz CT molecular complexity index is 175. The second-order valence-corrected chi connectivity index (χ2v) is 5.04. The van der Waals surface area contributed by atoms with Gasteiger partial charge in [-0.05, 0) is 39.7 Å². The van der Waals surface area contributed by atoms with Gasteiger partial charge in [0.05, 0.1) is 0 Å². The second kappa shape index (κ2) is 4.63. The van der Waals surface area contributed by atoms with Gasteiger partial charge < -0.3 is 5.32 Å². The average molecular weight is 196 g/mol. The maximum Gasteiger partial charge on any atom is 0.00980 e. The smallest absolute Gasteiger partial charge is 0.00980 e. The molecule has 0 aromatic carbocycles. The quantitative estimate of drug-likeness (QED) is 0.726. The van der Waals surface area contributed by atoms with E-state index in [1.165, 1.54) is 45.1 Å². The second-order valence-electron chi connectivity index (χ2n) is 5.04. The molecule has 0 aromatic rings. The lowest BCUT2D eigenvalue weighted by molar-refractivity contribution is 0.0920. The third kappa shape index (κ3) is 2.12. The van der Waals surface area contributed by atoms with Crippen LogP contribution in [0.5, 0.6) is 0 Å². The Balaban J connectivity index is 1.88. The minimum atomic E-state index is 0.766. The van der Waals surface area contributed by atoms with E-state index in [0.29, 0.717) is 0 Å². The molecule has 2 unspecified atom stereocenters. The van der Waals surface area contributed by atoms with Crippen LogP contribution in [-0.4, -0.2) is 36.6 Å². The number of likely N-dealkylation sites (tertiary alicyclic amines) is 1. The monoisotopic (exact) mass is 196 g/mol. The van der Waals surface area contributed by atoms with Crippen molar-refractivity contribution >= 4 is 0 Å². The lowest BCUT2D eigenvalue weighted by atomic mass is 9.96. The minimum Gasteiger partial charge on any atom is -0.317 e. The van der Waals surface area contributed by atoms with Crippen LogP contribution >= 0.6 is 0 Å². The zero-order chi connectivity index (χ0) is 9.97. The maximum absolute atomic E-state index is 3.42. The van der Waals surface area contributed by atoms with Crippen LogP contribution in [0.15, 0.2) is 0 Å². The van der Waals surface area contributed by atoms with Crippen molar-refractivity contribution in [2.45, 2.75) is 63.6 Å². The molecule has 1 aliphatic carbocycles. The molecule has 14 heavy (non-hydrogen) atoms. The Kier molecular flexibility index (Phi) is 3.45. The van der Waals surface area contributed by atoms with Crippen LogP contribution < -0.4 is 5.32 Å². The van der Waals surface area contributed by atoms with Crippen LogP contribution in [0.3, 0.4) is 0 Å². The van der Waals surface area contributed by atoms with Gasteiger partial charge in [-0.2, -0.15) is 0 Å². The van der Waals surface area contributed by atoms with Gasteiger partial charge in [-0.3, -0.25) is 4.90 Å². The fourth-order valence-corrected chi connectivity index (χ4v) is 3.23. The Hall–Kier alpha value is -0.0800. The van der Waals surface area contributed by atoms with Crippen LogP contribution in [0.1, 0.15) is 45.4 Å². The highest BCUT2D eigenvalue weighted by atomic mass is 15.2. The fourth-order valence-electron chi connectivity index (χ4n) is 3.23. The van der Waals surface area contributed by atoms with E-state index in [1.807, 2.05) is 0 Å². The van der Waals surface area contributed by atoms with Gasteiger partial charge in [-0.25, -0.2) is 0 Å². The summed E-state index contributed by atoms with van der Waals surface area (Å²) in [6.07, 6.45) is 8.51. The molecule has 2 atom stereocenters. The van der Waals surface area contributed by atoms with E-state index in [0.717, 1.165) is 18.1 Å². The van der Waals surface area contributed by atoms with Crippen molar-refractivity contribution < 1.29 is 0 Å². The SMILES string of the molecule is CNC1CCN(C2CCCC2)C(C)C1. The molecule has 1 saturated carbocycles. The molecule has 0 bridgehead atoms. The highest BCUT2D eigenvalue weighted by Gasteiger charge is 2.30. The lowest BCUT2D eigenvalue weighted by Gasteiger charge is -2.41. The van der Waals surface area contributed by atoms with Gasteiger partial charge in [-0.1, -0.05) is 12.8 Å². The molecule has 82 valence electrons. The van der Waals surface area contributed by atoms with Gasteiger partial charge in [-0.15, -0.1) is 0 Å². The standard InChI is InChI=1S/C12H24N2/c1-10-9-11(13-2)7-8-14(10)12-5-3-4-6-12/h10-13H,3-9H2,1-2H3. The molecule has 0 aromatic heterocycles. The molecule has 0 spiro atoms. The van der Waals surface area contributed by atoms with Gasteiger partial charge in [0.1, 0.15) is 0 Å². The Morgan fingerprint density at radius 1 is 1.14 bits per heavy atom. The van der Waals surface area contributed by atoms with Crippen molar-refractivity contribution in [2.75, 3.05) is 13.6 Å². The molecule has 2 nitrogen and oxygen atoms in total. The molecule has 2 aliphatic rings. The summed E-state index contributed by atoms with van der Waals surface area (Å²) in [5, 5.41) is 3.42. The molecular weight excluding hydrogens is 172 g/mol. The average Bonchev–Trinajstić information content (AvgIpc) is 2.70. The first-order valence-electron chi connectivity index (χ1n) is 6.24. The van der Waals surface area contributed by atoms with Crippen molar-refractivity contribution in [3.05, 3.63) is 0 Å². The van der Waals surface area contributed by atoms with E-state index in [-0.39, 0.29) is 0 Å². The van der Waals surface area contributed by atoms with E-state index >= 15 is 0 Å². The summed E-state index contributed by atoms with van der Waals surface area (Å²) in [6.45, 7) is 3.72. The van der Waals surface area contributed by atoms with Gasteiger partial charge in [0.15, 0.2) is 0 Å². The topological polar surface area (TPSA) is 15.3 Å². The first-order chi connectivity index (χ1) is 6.81. The third-order valence-corrected chi connectivity index (χ3v) is 4.13. The summed E-state index contributed by atoms with van der Waals surface area (Å²) in [6, 6.07) is 2.48. The van der Waals surface area contributed by atoms with E-state index in [9.17, 15) is 0 Å². The molecule has 0 radical (unpaired) electrons. The molecule has 1 saturated heterocycles. The van der Waals surface area contributed by atoms with Crippen LogP contribution in [0.25, 0.3) is 0 Å². The summed E-state index contributed by atoms with van der Waals surface area (Å²) >= 11 is 0. The van der Waals surface area contributed by atoms with Crippen LogP contribution in [-0.2, 0) is 0 Å². The maximum atomic E-state index is 3.42. The number of rotatable bonds is 2. The summed E-state index contributed by atoms with van der Waals surface area (Å²) in [4.78, 5) is 2.76. The third-order valence-electron chi connectivity index (χ3n) is 4.13. The van der Waals surface area contributed by atoms with Crippen LogP contribution in [0.4, 0.5) is 0 Å². The Morgan fingerprint density at radius 3 is 2.43 bits per heavy atom. The molecule has 1 heterocycles. The van der Waals surface area contributed by atoms with Gasteiger partial charge in [0, 0.05) is 24.7 Å². The van der Waals surface area contributed by atoms with E-state index in [1.54, 1.807) is 0 Å². The van der Waals surface area contributed by atoms with E-state index in [2.05, 4.69) is 24.2 Å². The predicted octanol–water partition coefficient (Wildman–Crippen LogP) is 2.00. The first-order valence-corrected chi connectivity index (χ1v) is 6.24. The van der Waals surface area contributed by atoms with Crippen molar-refractivity contribution in [3.63, 3.8) is 0 Å². The zero-order valence-electron chi connectivity index (χ0n) is 9.63. The largest absolute Gasteiger partial charge is 0.317 e. The van der Waals surface area contributed by atoms with Gasteiger partial charge >= 0.3 is 0 Å². The van der Waals surface area contributed by atoms with Crippen molar-refractivity contribution in [1.82, 2.24) is 10.2 Å². The number of hydrogen-bond donors (Lipinski definition) is 1. The predicted molar refractivity (Wildman–Crippen MR) is 60.5 cm³/mol. The molecule has 2 heteroatoms. The van der Waals surface area contributed by atoms with E-state index < -0.39 is 0 Å². The molecule has 2 rings (SSSR count). The lowest BCUT2D eigenvalue weighted by Crippen LogP contribution is -2.50. The van der Waals surface area contributed by atoms with Crippen molar-refractivity contribution in [1.29, 1.82) is 0 Å². The van der Waals surface area contributed by atoms with Crippen molar-refractivity contribution in [3.8, 4) is 0 Å². The van der Waals surface area contributed by atoms with Gasteiger partial charge in [0.25, 0.3) is 0 Å². The van der Waals surface area contributed by atoms with Crippen LogP contribution in [0.2, 0.25) is 0 Å². The van der Waals surface area contributed by atoms with Gasteiger partial charge in [0.2, 0.25) is 0 Å². The van der Waals surface area contributed by atoms with Crippen LogP contribution in [0, 0.1) is 0 Å². The summed E-state index contributed by atoms with van der Waals surface area (Å²) in [5.41, 5.74) is 0. The first kappa shape index (κ1) is 10.4. The summed E-state index contributed by atoms with van der Waals surface area (Å²) in [7, 11) is 2.10. The number of nitrogens with one attached hydrogen (secondary N) is 1. The Labute approximate surface area is 88.1 Å². The normalized spacial score (nSPS) is 36.4. The highest BCUT2D eigenvalue weighted by molar-refractivity contribution is 4.88. The fraction of sp³-hybridized carbons (Fsp3) is 1.00. The molecular formula is C12H24N2.